The van der Waals surface area contributed by atoms with Crippen molar-refractivity contribution in [1.29, 1.82) is 0 Å². The van der Waals surface area contributed by atoms with Gasteiger partial charge in [-0.15, -0.1) is 0 Å². The van der Waals surface area contributed by atoms with Crippen LogP contribution < -0.4 is 5.32 Å². The van der Waals surface area contributed by atoms with Gasteiger partial charge in [0.15, 0.2) is 0 Å². The average Bonchev–Trinajstić information content (AvgIpc) is 3.10. The normalized spacial score (nSPS) is 13.5. The molecule has 4 heteroatoms. The number of nitrogens with one attached hydrogen (secondary N) is 1. The first-order valence-electron chi connectivity index (χ1n) is 21.4. The molecule has 4 nitrogen and oxygen atoms in total. The Balaban J connectivity index is 3.66. The van der Waals surface area contributed by atoms with E-state index in [9.17, 15) is 15.0 Å². The summed E-state index contributed by atoms with van der Waals surface area (Å²) in [6, 6.07) is -0.652. The van der Waals surface area contributed by atoms with Crippen LogP contribution in [0.1, 0.15) is 213 Å². The summed E-state index contributed by atoms with van der Waals surface area (Å²) in [6.07, 6.45) is 55.1. The standard InChI is InChI=1S/C45H83NO3/c1-3-5-7-9-11-13-15-17-18-19-20-21-22-23-24-25-26-27-29-30-32-34-36-38-40-44(48)43(42-47)46-45(49)41-39-37-35-33-31-28-16-14-12-10-8-6-4-2/h25-26,28,30-32,38,40,43-44,47-48H,3-24,27,29,33-37,39,41-42H2,1-2H3,(H,46,49)/b26-25+,31-28-,32-30+,40-38+. The number of carbonyl (C=O) groups is 1. The van der Waals surface area contributed by atoms with Gasteiger partial charge in [0.25, 0.3) is 0 Å². The molecule has 0 fully saturated rings. The van der Waals surface area contributed by atoms with E-state index in [0.717, 1.165) is 51.4 Å². The van der Waals surface area contributed by atoms with Gasteiger partial charge >= 0.3 is 0 Å². The molecule has 286 valence electrons. The highest BCUT2D eigenvalue weighted by molar-refractivity contribution is 5.76. The Hall–Kier alpha value is -1.65. The van der Waals surface area contributed by atoms with Gasteiger partial charge in [0.05, 0.1) is 18.8 Å². The van der Waals surface area contributed by atoms with Crippen molar-refractivity contribution in [2.75, 3.05) is 6.61 Å². The molecule has 0 aromatic carbocycles. The molecule has 0 aliphatic rings. The predicted octanol–water partition coefficient (Wildman–Crippen LogP) is 13.2. The summed E-state index contributed by atoms with van der Waals surface area (Å²) < 4.78 is 0. The Morgan fingerprint density at radius 1 is 0.469 bits per heavy atom. The number of rotatable bonds is 38. The highest BCUT2D eigenvalue weighted by Gasteiger charge is 2.17. The number of hydrogen-bond donors (Lipinski definition) is 3. The van der Waals surface area contributed by atoms with Gasteiger partial charge in [-0.1, -0.05) is 184 Å². The second kappa shape index (κ2) is 40.8. The number of hydrogen-bond acceptors (Lipinski definition) is 3. The molecule has 0 saturated heterocycles. The number of aliphatic hydroxyl groups excluding tert-OH is 2. The van der Waals surface area contributed by atoms with Crippen LogP contribution in [0.3, 0.4) is 0 Å². The van der Waals surface area contributed by atoms with Gasteiger partial charge in [-0.3, -0.25) is 4.79 Å². The smallest absolute Gasteiger partial charge is 0.220 e. The van der Waals surface area contributed by atoms with Crippen LogP contribution in [-0.4, -0.2) is 34.9 Å². The van der Waals surface area contributed by atoms with Crippen molar-refractivity contribution in [3.05, 3.63) is 48.6 Å². The summed E-state index contributed by atoms with van der Waals surface area (Å²) in [5.41, 5.74) is 0. The molecule has 0 aliphatic carbocycles. The molecule has 0 aromatic heterocycles. The predicted molar refractivity (Wildman–Crippen MR) is 216 cm³/mol. The maximum absolute atomic E-state index is 12.3. The topological polar surface area (TPSA) is 69.6 Å². The first-order chi connectivity index (χ1) is 24.2. The zero-order valence-corrected chi connectivity index (χ0v) is 32.7. The van der Waals surface area contributed by atoms with E-state index in [4.69, 9.17) is 0 Å². The van der Waals surface area contributed by atoms with Crippen molar-refractivity contribution in [3.63, 3.8) is 0 Å². The van der Waals surface area contributed by atoms with Gasteiger partial charge in [-0.25, -0.2) is 0 Å². The first-order valence-corrected chi connectivity index (χ1v) is 21.4. The Bertz CT molecular complexity index is 786. The van der Waals surface area contributed by atoms with Gasteiger partial charge in [-0.2, -0.15) is 0 Å². The van der Waals surface area contributed by atoms with Crippen LogP contribution in [0.15, 0.2) is 48.6 Å². The van der Waals surface area contributed by atoms with E-state index < -0.39 is 12.1 Å². The van der Waals surface area contributed by atoms with Crippen molar-refractivity contribution in [2.24, 2.45) is 0 Å². The quantitative estimate of drug-likeness (QED) is 0.0447. The van der Waals surface area contributed by atoms with E-state index in [0.29, 0.717) is 6.42 Å². The lowest BCUT2D eigenvalue weighted by molar-refractivity contribution is -0.123. The van der Waals surface area contributed by atoms with Crippen molar-refractivity contribution in [2.45, 2.75) is 225 Å². The summed E-state index contributed by atoms with van der Waals surface area (Å²) in [7, 11) is 0. The largest absolute Gasteiger partial charge is 0.394 e. The molecule has 0 aliphatic heterocycles. The average molecular weight is 686 g/mol. The van der Waals surface area contributed by atoms with Crippen molar-refractivity contribution < 1.29 is 15.0 Å². The van der Waals surface area contributed by atoms with Crippen molar-refractivity contribution in [3.8, 4) is 0 Å². The first kappa shape index (κ1) is 47.4. The maximum atomic E-state index is 12.3. The third-order valence-electron chi connectivity index (χ3n) is 9.51. The number of allylic oxidation sites excluding steroid dienone is 7. The molecule has 0 saturated carbocycles. The van der Waals surface area contributed by atoms with E-state index in [2.05, 4.69) is 55.6 Å². The molecule has 0 heterocycles. The lowest BCUT2D eigenvalue weighted by Gasteiger charge is -2.19. The molecule has 0 rings (SSSR count). The van der Waals surface area contributed by atoms with Crippen LogP contribution in [0.4, 0.5) is 0 Å². The molecule has 1 amide bonds. The van der Waals surface area contributed by atoms with E-state index in [1.165, 1.54) is 141 Å². The molecule has 0 aromatic rings. The zero-order chi connectivity index (χ0) is 35.7. The third-order valence-corrected chi connectivity index (χ3v) is 9.51. The Labute approximate surface area is 305 Å². The molecular formula is C45H83NO3. The summed E-state index contributed by atoms with van der Waals surface area (Å²) in [6.45, 7) is 4.27. The van der Waals surface area contributed by atoms with Crippen LogP contribution in [-0.2, 0) is 4.79 Å². The lowest BCUT2D eigenvalue weighted by atomic mass is 10.0. The number of unbranched alkanes of at least 4 members (excludes halogenated alkanes) is 25. The highest BCUT2D eigenvalue weighted by atomic mass is 16.3. The van der Waals surface area contributed by atoms with E-state index in [1.807, 2.05) is 6.08 Å². The fraction of sp³-hybridized carbons (Fsp3) is 0.800. The van der Waals surface area contributed by atoms with Crippen LogP contribution >= 0.6 is 0 Å². The second-order valence-corrected chi connectivity index (χ2v) is 14.4. The van der Waals surface area contributed by atoms with Crippen LogP contribution in [0.2, 0.25) is 0 Å². The third kappa shape index (κ3) is 37.4. The monoisotopic (exact) mass is 686 g/mol. The van der Waals surface area contributed by atoms with Gasteiger partial charge in [0.2, 0.25) is 5.91 Å². The SMILES string of the molecule is CCCCCCCC/C=C\CCCCCC(=O)NC(CO)C(O)/C=C/CC/C=C/CC/C=C/CCCCCCCCCCCCCCCC. The number of carbonyl (C=O) groups excluding carboxylic acids is 1. The molecule has 2 atom stereocenters. The van der Waals surface area contributed by atoms with Gasteiger partial charge < -0.3 is 15.5 Å². The number of aliphatic hydroxyl groups is 2. The van der Waals surface area contributed by atoms with Gasteiger partial charge in [-0.05, 0) is 70.6 Å². The second-order valence-electron chi connectivity index (χ2n) is 14.4. The summed E-state index contributed by atoms with van der Waals surface area (Å²) in [4.78, 5) is 12.3. The summed E-state index contributed by atoms with van der Waals surface area (Å²) in [5.74, 6) is -0.0957. The van der Waals surface area contributed by atoms with E-state index in [1.54, 1.807) is 6.08 Å². The fourth-order valence-electron chi connectivity index (χ4n) is 6.20. The van der Waals surface area contributed by atoms with Crippen LogP contribution in [0.5, 0.6) is 0 Å². The fourth-order valence-corrected chi connectivity index (χ4v) is 6.20. The van der Waals surface area contributed by atoms with Crippen molar-refractivity contribution in [1.82, 2.24) is 5.32 Å². The molecule has 0 radical (unpaired) electrons. The molecular weight excluding hydrogens is 602 g/mol. The van der Waals surface area contributed by atoms with Gasteiger partial charge in [0, 0.05) is 6.42 Å². The lowest BCUT2D eigenvalue weighted by Crippen LogP contribution is -2.45. The van der Waals surface area contributed by atoms with Gasteiger partial charge in [0.1, 0.15) is 0 Å². The minimum Gasteiger partial charge on any atom is -0.394 e. The minimum atomic E-state index is -0.875. The van der Waals surface area contributed by atoms with E-state index in [-0.39, 0.29) is 12.5 Å². The highest BCUT2D eigenvalue weighted by Crippen LogP contribution is 2.14. The molecule has 3 N–H and O–H groups in total. The number of amides is 1. The zero-order valence-electron chi connectivity index (χ0n) is 32.7. The Morgan fingerprint density at radius 3 is 1.18 bits per heavy atom. The van der Waals surface area contributed by atoms with E-state index >= 15 is 0 Å². The molecule has 49 heavy (non-hydrogen) atoms. The Kier molecular flexibility index (Phi) is 39.4. The summed E-state index contributed by atoms with van der Waals surface area (Å²) in [5, 5.41) is 22.9. The van der Waals surface area contributed by atoms with Crippen LogP contribution in [0, 0.1) is 0 Å². The molecule has 2 unspecified atom stereocenters. The molecule has 0 bridgehead atoms. The minimum absolute atomic E-state index is 0.0957. The molecule has 0 spiro atoms. The summed E-state index contributed by atoms with van der Waals surface area (Å²) >= 11 is 0. The Morgan fingerprint density at radius 2 is 0.796 bits per heavy atom. The van der Waals surface area contributed by atoms with Crippen LogP contribution in [0.25, 0.3) is 0 Å². The van der Waals surface area contributed by atoms with Crippen molar-refractivity contribution >= 4 is 5.91 Å². The maximum Gasteiger partial charge on any atom is 0.220 e.